The molecule has 1 aliphatic rings. The van der Waals surface area contributed by atoms with E-state index in [0.717, 1.165) is 0 Å². The van der Waals surface area contributed by atoms with Crippen molar-refractivity contribution in [3.05, 3.63) is 0 Å². The molecule has 0 aromatic rings. The minimum atomic E-state index is -0.720. The molecule has 1 aliphatic heterocycles. The van der Waals surface area contributed by atoms with Gasteiger partial charge in [-0.05, 0) is 40.0 Å². The van der Waals surface area contributed by atoms with Gasteiger partial charge in [0, 0.05) is 0 Å². The molecule has 2 N–H and O–H groups in total. The number of carbonyl (C=O) groups is 1. The summed E-state index contributed by atoms with van der Waals surface area (Å²) in [6, 6.07) is -0.359. The quantitative estimate of drug-likeness (QED) is 0.752. The number of nitrogens with one attached hydrogen (secondary N) is 1. The standard InChI is InChI=1S/C14H27NO4/c1-9(2)7-10(11(16)14(6)8-18-14)15-12(17)19-13(3,4)5/h9-11,16H,7-8H2,1-6H3,(H,15,17)/t10-,11-,14?/m0/s1. The number of aliphatic hydroxyl groups excluding tert-OH is 1. The number of amides is 1. The van der Waals surface area contributed by atoms with Gasteiger partial charge in [-0.3, -0.25) is 0 Å². The Hall–Kier alpha value is -0.810. The molecule has 0 saturated carbocycles. The third-order valence-electron chi connectivity index (χ3n) is 3.03. The van der Waals surface area contributed by atoms with Crippen LogP contribution in [-0.4, -0.2) is 41.2 Å². The summed E-state index contributed by atoms with van der Waals surface area (Å²) in [6.07, 6.45) is -0.539. The average Bonchev–Trinajstić information content (AvgIpc) is 2.92. The molecule has 0 spiro atoms. The number of ether oxygens (including phenoxy) is 2. The molecule has 1 fully saturated rings. The highest BCUT2D eigenvalue weighted by Gasteiger charge is 2.50. The summed E-state index contributed by atoms with van der Waals surface area (Å²) < 4.78 is 10.5. The van der Waals surface area contributed by atoms with Crippen molar-refractivity contribution >= 4 is 6.09 Å². The Kier molecular flexibility index (Phi) is 4.85. The van der Waals surface area contributed by atoms with E-state index in [1.54, 1.807) is 0 Å². The topological polar surface area (TPSA) is 71.1 Å². The molecular formula is C14H27NO4. The van der Waals surface area contributed by atoms with Gasteiger partial charge in [-0.25, -0.2) is 4.79 Å². The molecule has 5 nitrogen and oxygen atoms in total. The summed E-state index contributed by atoms with van der Waals surface area (Å²) in [4.78, 5) is 11.8. The van der Waals surface area contributed by atoms with Crippen molar-refractivity contribution in [2.75, 3.05) is 6.61 Å². The van der Waals surface area contributed by atoms with Crippen molar-refractivity contribution in [3.63, 3.8) is 0 Å². The molecule has 0 bridgehead atoms. The summed E-state index contributed by atoms with van der Waals surface area (Å²) in [7, 11) is 0. The molecule has 1 heterocycles. The first-order chi connectivity index (χ1) is 8.53. The highest BCUT2D eigenvalue weighted by Crippen LogP contribution is 2.33. The number of alkyl carbamates (subject to hydrolysis) is 1. The Bertz CT molecular complexity index is 318. The molecule has 3 atom stereocenters. The maximum absolute atomic E-state index is 11.8. The van der Waals surface area contributed by atoms with E-state index in [-0.39, 0.29) is 6.04 Å². The molecule has 5 heteroatoms. The third kappa shape index (κ3) is 5.37. The van der Waals surface area contributed by atoms with Crippen molar-refractivity contribution in [1.29, 1.82) is 0 Å². The van der Waals surface area contributed by atoms with E-state index < -0.39 is 23.4 Å². The third-order valence-corrected chi connectivity index (χ3v) is 3.03. The molecule has 0 aliphatic carbocycles. The van der Waals surface area contributed by atoms with Crippen LogP contribution < -0.4 is 5.32 Å². The van der Waals surface area contributed by atoms with E-state index in [0.29, 0.717) is 18.9 Å². The Labute approximate surface area is 115 Å². The van der Waals surface area contributed by atoms with Gasteiger partial charge in [0.25, 0.3) is 0 Å². The van der Waals surface area contributed by atoms with Crippen molar-refractivity contribution in [2.45, 2.75) is 71.3 Å². The monoisotopic (exact) mass is 273 g/mol. The van der Waals surface area contributed by atoms with Gasteiger partial charge in [0.05, 0.1) is 12.6 Å². The number of hydrogen-bond donors (Lipinski definition) is 2. The van der Waals surface area contributed by atoms with Gasteiger partial charge in [-0.15, -0.1) is 0 Å². The number of rotatable bonds is 5. The van der Waals surface area contributed by atoms with E-state index in [1.165, 1.54) is 0 Å². The molecule has 1 unspecified atom stereocenters. The molecule has 1 amide bonds. The largest absolute Gasteiger partial charge is 0.444 e. The van der Waals surface area contributed by atoms with Gasteiger partial charge in [-0.1, -0.05) is 13.8 Å². The van der Waals surface area contributed by atoms with Crippen molar-refractivity contribution < 1.29 is 19.4 Å². The minimum Gasteiger partial charge on any atom is -0.444 e. The first kappa shape index (κ1) is 16.2. The first-order valence-electron chi connectivity index (χ1n) is 6.85. The second-order valence-corrected chi connectivity index (χ2v) is 6.93. The normalized spacial score (nSPS) is 25.9. The number of carbonyl (C=O) groups excluding carboxylic acids is 1. The van der Waals surface area contributed by atoms with Crippen LogP contribution in [0.5, 0.6) is 0 Å². The second-order valence-electron chi connectivity index (χ2n) is 6.93. The molecule has 0 aromatic heterocycles. The van der Waals surface area contributed by atoms with E-state index in [1.807, 2.05) is 41.5 Å². The van der Waals surface area contributed by atoms with Gasteiger partial charge in [0.15, 0.2) is 0 Å². The molecule has 1 saturated heterocycles. The fourth-order valence-corrected chi connectivity index (χ4v) is 1.94. The SMILES string of the molecule is CC(C)C[C@H](NC(=O)OC(C)(C)C)[C@H](O)C1(C)CO1. The van der Waals surface area contributed by atoms with Crippen molar-refractivity contribution in [3.8, 4) is 0 Å². The van der Waals surface area contributed by atoms with Crippen molar-refractivity contribution in [1.82, 2.24) is 5.32 Å². The predicted octanol–water partition coefficient (Wildman–Crippen LogP) is 2.08. The van der Waals surface area contributed by atoms with E-state index >= 15 is 0 Å². The Morgan fingerprint density at radius 2 is 2.00 bits per heavy atom. The van der Waals surface area contributed by atoms with Gasteiger partial charge < -0.3 is 19.9 Å². The number of epoxide rings is 1. The Balaban J connectivity index is 2.62. The molecule has 0 radical (unpaired) electrons. The Morgan fingerprint density at radius 1 is 1.47 bits per heavy atom. The second kappa shape index (κ2) is 5.67. The van der Waals surface area contributed by atoms with E-state index in [2.05, 4.69) is 5.32 Å². The van der Waals surface area contributed by atoms with E-state index in [4.69, 9.17) is 9.47 Å². The average molecular weight is 273 g/mol. The fourth-order valence-electron chi connectivity index (χ4n) is 1.94. The van der Waals surface area contributed by atoms with Crippen molar-refractivity contribution in [2.24, 2.45) is 5.92 Å². The molecular weight excluding hydrogens is 246 g/mol. The maximum Gasteiger partial charge on any atom is 0.407 e. The lowest BCUT2D eigenvalue weighted by atomic mass is 9.92. The highest BCUT2D eigenvalue weighted by molar-refractivity contribution is 5.68. The fraction of sp³-hybridized carbons (Fsp3) is 0.929. The molecule has 0 aromatic carbocycles. The zero-order valence-corrected chi connectivity index (χ0v) is 12.8. The summed E-state index contributed by atoms with van der Waals surface area (Å²) in [5.74, 6) is 0.358. The van der Waals surface area contributed by atoms with Gasteiger partial charge in [0.1, 0.15) is 17.3 Å². The van der Waals surface area contributed by atoms with Crippen LogP contribution in [0.15, 0.2) is 0 Å². The number of hydrogen-bond acceptors (Lipinski definition) is 4. The zero-order chi connectivity index (χ0) is 14.8. The summed E-state index contributed by atoms with van der Waals surface area (Å²) in [5.41, 5.74) is -1.08. The van der Waals surface area contributed by atoms with Crippen LogP contribution in [0.25, 0.3) is 0 Å². The lowest BCUT2D eigenvalue weighted by molar-refractivity contribution is 0.0228. The molecule has 112 valence electrons. The summed E-state index contributed by atoms with van der Waals surface area (Å²) in [5, 5.41) is 13.1. The van der Waals surface area contributed by atoms with Gasteiger partial charge >= 0.3 is 6.09 Å². The highest BCUT2D eigenvalue weighted by atomic mass is 16.6. The Morgan fingerprint density at radius 3 is 2.37 bits per heavy atom. The lowest BCUT2D eigenvalue weighted by Gasteiger charge is -2.29. The van der Waals surface area contributed by atoms with Crippen LogP contribution in [0.3, 0.4) is 0 Å². The van der Waals surface area contributed by atoms with Crippen LogP contribution in [0.2, 0.25) is 0 Å². The van der Waals surface area contributed by atoms with Crippen LogP contribution in [0, 0.1) is 5.92 Å². The summed E-state index contributed by atoms with van der Waals surface area (Å²) >= 11 is 0. The zero-order valence-electron chi connectivity index (χ0n) is 12.8. The van der Waals surface area contributed by atoms with Crippen LogP contribution in [0.1, 0.15) is 48.0 Å². The maximum atomic E-state index is 11.8. The minimum absolute atomic E-state index is 0.358. The summed E-state index contributed by atoms with van der Waals surface area (Å²) in [6.45, 7) is 11.9. The first-order valence-corrected chi connectivity index (χ1v) is 6.85. The van der Waals surface area contributed by atoms with Crippen LogP contribution in [-0.2, 0) is 9.47 Å². The van der Waals surface area contributed by atoms with Crippen LogP contribution in [0.4, 0.5) is 4.79 Å². The van der Waals surface area contributed by atoms with E-state index in [9.17, 15) is 9.90 Å². The van der Waals surface area contributed by atoms with Crippen LogP contribution >= 0.6 is 0 Å². The molecule has 19 heavy (non-hydrogen) atoms. The predicted molar refractivity (Wildman–Crippen MR) is 73.0 cm³/mol. The smallest absolute Gasteiger partial charge is 0.407 e. The van der Waals surface area contributed by atoms with Gasteiger partial charge in [0.2, 0.25) is 0 Å². The number of aliphatic hydroxyl groups is 1. The lowest BCUT2D eigenvalue weighted by Crippen LogP contribution is -2.51. The van der Waals surface area contributed by atoms with Gasteiger partial charge in [-0.2, -0.15) is 0 Å². The molecule has 1 rings (SSSR count).